The van der Waals surface area contributed by atoms with Gasteiger partial charge in [-0.1, -0.05) is 66.7 Å². The first-order valence-electron chi connectivity index (χ1n) is 8.27. The van der Waals surface area contributed by atoms with Crippen molar-refractivity contribution in [1.29, 1.82) is 0 Å². The van der Waals surface area contributed by atoms with E-state index in [2.05, 4.69) is 0 Å². The van der Waals surface area contributed by atoms with Gasteiger partial charge in [0.15, 0.2) is 5.78 Å². The summed E-state index contributed by atoms with van der Waals surface area (Å²) in [6.07, 6.45) is 0.358. The third kappa shape index (κ3) is 4.21. The van der Waals surface area contributed by atoms with Crippen LogP contribution in [0.5, 0.6) is 0 Å². The number of para-hydroxylation sites is 2. The molecule has 0 aliphatic carbocycles. The molecule has 0 aliphatic heterocycles. The first-order chi connectivity index (χ1) is 12.3. The van der Waals surface area contributed by atoms with Gasteiger partial charge in [0.05, 0.1) is 0 Å². The zero-order valence-corrected chi connectivity index (χ0v) is 13.8. The fourth-order valence-corrected chi connectivity index (χ4v) is 2.69. The van der Waals surface area contributed by atoms with Crippen LogP contribution in [0.2, 0.25) is 0 Å². The average molecular weight is 329 g/mol. The third-order valence-electron chi connectivity index (χ3n) is 3.94. The van der Waals surface area contributed by atoms with Gasteiger partial charge in [-0.15, -0.1) is 0 Å². The summed E-state index contributed by atoms with van der Waals surface area (Å²) in [4.78, 5) is 26.8. The number of benzene rings is 3. The molecule has 3 rings (SSSR count). The monoisotopic (exact) mass is 329 g/mol. The Morgan fingerprint density at radius 3 is 1.52 bits per heavy atom. The van der Waals surface area contributed by atoms with Crippen molar-refractivity contribution >= 4 is 23.1 Å². The topological polar surface area (TPSA) is 37.4 Å². The molecule has 3 heteroatoms. The van der Waals surface area contributed by atoms with Gasteiger partial charge >= 0.3 is 0 Å². The van der Waals surface area contributed by atoms with Gasteiger partial charge in [-0.25, -0.2) is 0 Å². The number of Topliss-reactive ketones (excluding diaryl/α,β-unsaturated/α-hetero) is 1. The number of hydrogen-bond acceptors (Lipinski definition) is 2. The summed E-state index contributed by atoms with van der Waals surface area (Å²) in [5.41, 5.74) is 2.23. The molecule has 0 unspecified atom stereocenters. The average Bonchev–Trinajstić information content (AvgIpc) is 2.69. The Morgan fingerprint density at radius 1 is 0.600 bits per heavy atom. The number of rotatable bonds is 6. The van der Waals surface area contributed by atoms with Crippen molar-refractivity contribution in [3.63, 3.8) is 0 Å². The van der Waals surface area contributed by atoms with E-state index in [1.165, 1.54) is 0 Å². The molecule has 0 aliphatic rings. The van der Waals surface area contributed by atoms with Crippen LogP contribution < -0.4 is 4.90 Å². The van der Waals surface area contributed by atoms with Crippen LogP contribution in [0.1, 0.15) is 23.2 Å². The number of nitrogens with zero attached hydrogens (tertiary/aromatic N) is 1. The lowest BCUT2D eigenvalue weighted by atomic mass is 10.1. The smallest absolute Gasteiger partial charge is 0.231 e. The Morgan fingerprint density at radius 2 is 1.04 bits per heavy atom. The van der Waals surface area contributed by atoms with Gasteiger partial charge in [-0.3, -0.25) is 14.5 Å². The van der Waals surface area contributed by atoms with Gasteiger partial charge in [0.25, 0.3) is 0 Å². The maximum atomic E-state index is 12.9. The van der Waals surface area contributed by atoms with Gasteiger partial charge in [0.1, 0.15) is 0 Å². The highest BCUT2D eigenvalue weighted by Gasteiger charge is 2.19. The highest BCUT2D eigenvalue weighted by Crippen LogP contribution is 2.26. The van der Waals surface area contributed by atoms with Crippen molar-refractivity contribution < 1.29 is 9.59 Å². The van der Waals surface area contributed by atoms with E-state index in [1.807, 2.05) is 78.9 Å². The first-order valence-corrected chi connectivity index (χ1v) is 8.27. The van der Waals surface area contributed by atoms with E-state index in [0.717, 1.165) is 11.4 Å². The molecule has 0 spiro atoms. The largest absolute Gasteiger partial charge is 0.294 e. The van der Waals surface area contributed by atoms with E-state index < -0.39 is 0 Å². The highest BCUT2D eigenvalue weighted by atomic mass is 16.2. The van der Waals surface area contributed by atoms with Crippen LogP contribution in [-0.2, 0) is 4.79 Å². The molecule has 0 saturated heterocycles. The fourth-order valence-electron chi connectivity index (χ4n) is 2.69. The minimum Gasteiger partial charge on any atom is -0.294 e. The number of amides is 1. The molecule has 3 nitrogen and oxygen atoms in total. The molecule has 25 heavy (non-hydrogen) atoms. The molecule has 124 valence electrons. The van der Waals surface area contributed by atoms with Gasteiger partial charge in [0.2, 0.25) is 5.91 Å². The zero-order valence-electron chi connectivity index (χ0n) is 13.8. The Hall–Kier alpha value is -3.20. The quantitative estimate of drug-likeness (QED) is 0.596. The first kappa shape index (κ1) is 16.7. The van der Waals surface area contributed by atoms with Crippen molar-refractivity contribution in [2.45, 2.75) is 12.8 Å². The Labute approximate surface area is 147 Å². The maximum absolute atomic E-state index is 12.9. The molecule has 0 fully saturated rings. The minimum absolute atomic E-state index is 0.0185. The van der Waals surface area contributed by atoms with E-state index >= 15 is 0 Å². The molecule has 3 aromatic carbocycles. The predicted molar refractivity (Wildman–Crippen MR) is 100 cm³/mol. The summed E-state index contributed by atoms with van der Waals surface area (Å²) in [7, 11) is 0. The summed E-state index contributed by atoms with van der Waals surface area (Å²) in [6, 6.07) is 28.1. The Kier molecular flexibility index (Phi) is 5.37. The van der Waals surface area contributed by atoms with Crippen molar-refractivity contribution in [3.05, 3.63) is 96.6 Å². The summed E-state index contributed by atoms with van der Waals surface area (Å²) in [5, 5.41) is 0. The fraction of sp³-hybridized carbons (Fsp3) is 0.0909. The zero-order chi connectivity index (χ0) is 17.5. The number of hydrogen-bond donors (Lipinski definition) is 0. The number of ketones is 1. The molecule has 0 aromatic heterocycles. The van der Waals surface area contributed by atoms with E-state index in [-0.39, 0.29) is 24.5 Å². The third-order valence-corrected chi connectivity index (χ3v) is 3.94. The second-order valence-electron chi connectivity index (χ2n) is 5.69. The minimum atomic E-state index is -0.0957. The second kappa shape index (κ2) is 8.06. The molecule has 0 radical (unpaired) electrons. The Balaban J connectivity index is 1.77. The van der Waals surface area contributed by atoms with E-state index in [9.17, 15) is 9.59 Å². The van der Waals surface area contributed by atoms with Crippen molar-refractivity contribution in [1.82, 2.24) is 0 Å². The van der Waals surface area contributed by atoms with E-state index in [1.54, 1.807) is 17.0 Å². The van der Waals surface area contributed by atoms with Crippen molar-refractivity contribution in [2.24, 2.45) is 0 Å². The lowest BCUT2D eigenvalue weighted by molar-refractivity contribution is -0.117. The van der Waals surface area contributed by atoms with Crippen LogP contribution in [0.15, 0.2) is 91.0 Å². The lowest BCUT2D eigenvalue weighted by Crippen LogP contribution is -2.26. The summed E-state index contributed by atoms with van der Waals surface area (Å²) < 4.78 is 0. The highest BCUT2D eigenvalue weighted by molar-refractivity contribution is 6.04. The van der Waals surface area contributed by atoms with Crippen molar-refractivity contribution in [3.8, 4) is 0 Å². The molecular weight excluding hydrogens is 310 g/mol. The standard InChI is InChI=1S/C22H19NO2/c24-21(18-10-4-1-5-11-18)16-17-22(25)23(19-12-6-2-7-13-19)20-14-8-3-9-15-20/h1-15H,16-17H2. The molecule has 1 amide bonds. The van der Waals surface area contributed by atoms with Crippen LogP contribution in [0.3, 0.4) is 0 Å². The van der Waals surface area contributed by atoms with Crippen LogP contribution in [-0.4, -0.2) is 11.7 Å². The maximum Gasteiger partial charge on any atom is 0.231 e. The summed E-state index contributed by atoms with van der Waals surface area (Å²) >= 11 is 0. The van der Waals surface area contributed by atoms with Crippen LogP contribution in [0.25, 0.3) is 0 Å². The molecule has 0 atom stereocenters. The second-order valence-corrected chi connectivity index (χ2v) is 5.69. The van der Waals surface area contributed by atoms with Crippen LogP contribution >= 0.6 is 0 Å². The molecular formula is C22H19NO2. The van der Waals surface area contributed by atoms with Crippen LogP contribution in [0.4, 0.5) is 11.4 Å². The van der Waals surface area contributed by atoms with Gasteiger partial charge in [-0.05, 0) is 24.3 Å². The van der Waals surface area contributed by atoms with Gasteiger partial charge < -0.3 is 0 Å². The van der Waals surface area contributed by atoms with Crippen LogP contribution in [0, 0.1) is 0 Å². The van der Waals surface area contributed by atoms with E-state index in [4.69, 9.17) is 0 Å². The summed E-state index contributed by atoms with van der Waals surface area (Å²) in [5.74, 6) is -0.114. The number of carbonyl (C=O) groups is 2. The van der Waals surface area contributed by atoms with Crippen molar-refractivity contribution in [2.75, 3.05) is 4.90 Å². The van der Waals surface area contributed by atoms with Gasteiger partial charge in [0, 0.05) is 29.8 Å². The van der Waals surface area contributed by atoms with E-state index in [0.29, 0.717) is 5.56 Å². The number of carbonyl (C=O) groups excluding carboxylic acids is 2. The summed E-state index contributed by atoms with van der Waals surface area (Å²) in [6.45, 7) is 0. The molecule has 3 aromatic rings. The molecule has 0 bridgehead atoms. The molecule has 0 heterocycles. The Bertz CT molecular complexity index is 790. The molecule has 0 saturated carbocycles. The van der Waals surface area contributed by atoms with Gasteiger partial charge in [-0.2, -0.15) is 0 Å². The molecule has 0 N–H and O–H groups in total. The lowest BCUT2D eigenvalue weighted by Gasteiger charge is -2.23. The predicted octanol–water partition coefficient (Wildman–Crippen LogP) is 5.01. The number of anilines is 2. The SMILES string of the molecule is O=C(CCC(=O)N(c1ccccc1)c1ccccc1)c1ccccc1. The normalized spacial score (nSPS) is 10.2.